The lowest BCUT2D eigenvalue weighted by Crippen LogP contribution is -2.31. The second-order valence-electron chi connectivity index (χ2n) is 5.89. The second-order valence-corrected chi connectivity index (χ2v) is 5.89. The highest BCUT2D eigenvalue weighted by Gasteiger charge is 2.13. The molecular formula is C20H26N2O. The molecule has 0 unspecified atom stereocenters. The first kappa shape index (κ1) is 17.1. The van der Waals surface area contributed by atoms with Crippen LogP contribution in [0.1, 0.15) is 38.7 Å². The lowest BCUT2D eigenvalue weighted by molar-refractivity contribution is -0.118. The molecule has 0 fully saturated rings. The predicted molar refractivity (Wildman–Crippen MR) is 98.1 cm³/mol. The number of nitrogens with zero attached hydrogens (tertiary/aromatic N) is 1. The normalized spacial score (nSPS) is 10.6. The lowest BCUT2D eigenvalue weighted by atomic mass is 10.0. The molecule has 1 amide bonds. The Morgan fingerprint density at radius 2 is 1.70 bits per heavy atom. The monoisotopic (exact) mass is 310 g/mol. The first-order valence-corrected chi connectivity index (χ1v) is 8.31. The van der Waals surface area contributed by atoms with Crippen LogP contribution < -0.4 is 10.2 Å². The number of nitrogens with one attached hydrogen (secondary N) is 1. The van der Waals surface area contributed by atoms with E-state index >= 15 is 0 Å². The molecule has 0 spiro atoms. The summed E-state index contributed by atoms with van der Waals surface area (Å²) in [6, 6.07) is 18.1. The van der Waals surface area contributed by atoms with Crippen molar-refractivity contribution in [1.29, 1.82) is 0 Å². The van der Waals surface area contributed by atoms with E-state index in [1.165, 1.54) is 5.56 Å². The highest BCUT2D eigenvalue weighted by atomic mass is 16.2. The highest BCUT2D eigenvalue weighted by molar-refractivity contribution is 5.93. The summed E-state index contributed by atoms with van der Waals surface area (Å²) in [5.74, 6) is 0.610. The van der Waals surface area contributed by atoms with Gasteiger partial charge < -0.3 is 10.2 Å². The highest BCUT2D eigenvalue weighted by Crippen LogP contribution is 2.23. The number of para-hydroxylation sites is 2. The molecule has 1 N–H and O–H groups in total. The Labute approximate surface area is 139 Å². The van der Waals surface area contributed by atoms with E-state index < -0.39 is 0 Å². The zero-order valence-corrected chi connectivity index (χ0v) is 14.3. The Kier molecular flexibility index (Phi) is 6.21. The van der Waals surface area contributed by atoms with Crippen molar-refractivity contribution in [2.24, 2.45) is 0 Å². The van der Waals surface area contributed by atoms with E-state index in [1.807, 2.05) is 48.2 Å². The van der Waals surface area contributed by atoms with Crippen molar-refractivity contribution in [3.8, 4) is 0 Å². The number of hydrogen-bond donors (Lipinski definition) is 1. The van der Waals surface area contributed by atoms with Gasteiger partial charge in [-0.25, -0.2) is 0 Å². The maximum atomic E-state index is 12.5. The van der Waals surface area contributed by atoms with Gasteiger partial charge in [0.05, 0.1) is 0 Å². The molecule has 2 rings (SSSR count). The minimum absolute atomic E-state index is 0.147. The van der Waals surface area contributed by atoms with E-state index in [2.05, 4.69) is 37.4 Å². The maximum Gasteiger partial charge on any atom is 0.228 e. The molecule has 23 heavy (non-hydrogen) atoms. The number of carbonyl (C=O) groups excluding carboxylic acids is 1. The van der Waals surface area contributed by atoms with Gasteiger partial charge in [0.1, 0.15) is 0 Å². The van der Waals surface area contributed by atoms with E-state index in [1.54, 1.807) is 0 Å². The van der Waals surface area contributed by atoms with Crippen LogP contribution in [0.25, 0.3) is 0 Å². The van der Waals surface area contributed by atoms with Crippen LogP contribution in [0.3, 0.4) is 0 Å². The van der Waals surface area contributed by atoms with Crippen LogP contribution in [0.15, 0.2) is 54.6 Å². The number of rotatable bonds is 7. The molecule has 2 aromatic rings. The first-order chi connectivity index (χ1) is 11.1. The summed E-state index contributed by atoms with van der Waals surface area (Å²) in [5, 5.41) is 3.41. The van der Waals surface area contributed by atoms with Gasteiger partial charge in [0.2, 0.25) is 5.91 Å². The first-order valence-electron chi connectivity index (χ1n) is 8.31. The predicted octanol–water partition coefficient (Wildman–Crippen LogP) is 4.67. The molecule has 3 heteroatoms. The standard InChI is InChI=1S/C20H26N2O/c1-4-22(17-10-6-5-7-11-17)20(23)14-15-21-19-13-9-8-12-18(19)16(2)3/h5-13,16,21H,4,14-15H2,1-3H3. The number of amides is 1. The van der Waals surface area contributed by atoms with Gasteiger partial charge in [0.25, 0.3) is 0 Å². The van der Waals surface area contributed by atoms with Crippen molar-refractivity contribution >= 4 is 17.3 Å². The Bertz CT molecular complexity index is 623. The van der Waals surface area contributed by atoms with Gasteiger partial charge >= 0.3 is 0 Å². The van der Waals surface area contributed by atoms with Crippen molar-refractivity contribution in [3.05, 3.63) is 60.2 Å². The second kappa shape index (κ2) is 8.37. The third-order valence-corrected chi connectivity index (χ3v) is 3.92. The molecule has 2 aromatic carbocycles. The van der Waals surface area contributed by atoms with E-state index in [0.717, 1.165) is 11.4 Å². The molecule has 3 nitrogen and oxygen atoms in total. The fourth-order valence-corrected chi connectivity index (χ4v) is 2.71. The molecule has 0 radical (unpaired) electrons. The van der Waals surface area contributed by atoms with Gasteiger partial charge in [-0.1, -0.05) is 50.2 Å². The summed E-state index contributed by atoms with van der Waals surface area (Å²) in [5.41, 5.74) is 3.37. The smallest absolute Gasteiger partial charge is 0.228 e. The number of hydrogen-bond acceptors (Lipinski definition) is 2. The quantitative estimate of drug-likeness (QED) is 0.806. The maximum absolute atomic E-state index is 12.5. The molecule has 0 atom stereocenters. The molecule has 0 aliphatic rings. The molecule has 0 aromatic heterocycles. The molecule has 0 saturated carbocycles. The van der Waals surface area contributed by atoms with Crippen molar-refractivity contribution in [3.63, 3.8) is 0 Å². The van der Waals surface area contributed by atoms with Crippen LogP contribution in [0.2, 0.25) is 0 Å². The van der Waals surface area contributed by atoms with Gasteiger partial charge in [-0.15, -0.1) is 0 Å². The third-order valence-electron chi connectivity index (χ3n) is 3.92. The molecule has 0 heterocycles. The number of benzene rings is 2. The summed E-state index contributed by atoms with van der Waals surface area (Å²) in [7, 11) is 0. The van der Waals surface area contributed by atoms with Gasteiger partial charge in [-0.05, 0) is 36.6 Å². The van der Waals surface area contributed by atoms with Gasteiger partial charge in [0, 0.05) is 30.9 Å². The van der Waals surface area contributed by atoms with Crippen LogP contribution >= 0.6 is 0 Å². The number of carbonyl (C=O) groups is 1. The molecular weight excluding hydrogens is 284 g/mol. The largest absolute Gasteiger partial charge is 0.384 e. The minimum Gasteiger partial charge on any atom is -0.384 e. The van der Waals surface area contributed by atoms with Crippen LogP contribution in [0, 0.1) is 0 Å². The Morgan fingerprint density at radius 3 is 2.35 bits per heavy atom. The van der Waals surface area contributed by atoms with Crippen molar-refractivity contribution < 1.29 is 4.79 Å². The summed E-state index contributed by atoms with van der Waals surface area (Å²) in [4.78, 5) is 14.3. The van der Waals surface area contributed by atoms with Gasteiger partial charge in [-0.3, -0.25) is 4.79 Å². The van der Waals surface area contributed by atoms with Gasteiger partial charge in [-0.2, -0.15) is 0 Å². The lowest BCUT2D eigenvalue weighted by Gasteiger charge is -2.21. The Morgan fingerprint density at radius 1 is 1.04 bits per heavy atom. The Balaban J connectivity index is 1.94. The van der Waals surface area contributed by atoms with Crippen LogP contribution in [-0.4, -0.2) is 19.0 Å². The van der Waals surface area contributed by atoms with E-state index in [0.29, 0.717) is 25.4 Å². The zero-order chi connectivity index (χ0) is 16.7. The molecule has 0 aliphatic carbocycles. The SMILES string of the molecule is CCN(C(=O)CCNc1ccccc1C(C)C)c1ccccc1. The summed E-state index contributed by atoms with van der Waals surface area (Å²) < 4.78 is 0. The molecule has 0 aliphatic heterocycles. The van der Waals surface area contributed by atoms with Gasteiger partial charge in [0.15, 0.2) is 0 Å². The third kappa shape index (κ3) is 4.59. The Hall–Kier alpha value is -2.29. The van der Waals surface area contributed by atoms with E-state index in [9.17, 15) is 4.79 Å². The van der Waals surface area contributed by atoms with Crippen molar-refractivity contribution in [2.75, 3.05) is 23.3 Å². The molecule has 122 valence electrons. The fraction of sp³-hybridized carbons (Fsp3) is 0.350. The van der Waals surface area contributed by atoms with Crippen molar-refractivity contribution in [2.45, 2.75) is 33.1 Å². The fourth-order valence-electron chi connectivity index (χ4n) is 2.71. The zero-order valence-electron chi connectivity index (χ0n) is 14.3. The minimum atomic E-state index is 0.147. The van der Waals surface area contributed by atoms with Crippen molar-refractivity contribution in [1.82, 2.24) is 0 Å². The molecule has 0 saturated heterocycles. The number of anilines is 2. The average molecular weight is 310 g/mol. The van der Waals surface area contributed by atoms with Crippen LogP contribution in [0.5, 0.6) is 0 Å². The van der Waals surface area contributed by atoms with Crippen LogP contribution in [-0.2, 0) is 4.79 Å². The van der Waals surface area contributed by atoms with Crippen LogP contribution in [0.4, 0.5) is 11.4 Å². The summed E-state index contributed by atoms with van der Waals surface area (Å²) in [6.45, 7) is 7.70. The van der Waals surface area contributed by atoms with E-state index in [-0.39, 0.29) is 5.91 Å². The average Bonchev–Trinajstić information content (AvgIpc) is 2.57. The molecule has 0 bridgehead atoms. The summed E-state index contributed by atoms with van der Waals surface area (Å²) in [6.07, 6.45) is 0.481. The topological polar surface area (TPSA) is 32.3 Å². The van der Waals surface area contributed by atoms with E-state index in [4.69, 9.17) is 0 Å². The summed E-state index contributed by atoms with van der Waals surface area (Å²) >= 11 is 0.